The van der Waals surface area contributed by atoms with Crippen LogP contribution in [0.4, 0.5) is 0 Å². The smallest absolute Gasteiger partial charge is 0.221 e. The van der Waals surface area contributed by atoms with Crippen LogP contribution in [0.5, 0.6) is 0 Å². The average molecular weight is 425 g/mol. The van der Waals surface area contributed by atoms with Gasteiger partial charge in [-0.3, -0.25) is 10.1 Å². The third-order valence-electron chi connectivity index (χ3n) is 3.79. The number of hydrogen-bond donors (Lipinski definition) is 3. The van der Waals surface area contributed by atoms with E-state index in [1.54, 1.807) is 11.8 Å². The maximum absolute atomic E-state index is 11.8. The Kier molecular flexibility index (Phi) is 18.3. The van der Waals surface area contributed by atoms with Gasteiger partial charge in [0.2, 0.25) is 12.3 Å². The van der Waals surface area contributed by atoms with Crippen LogP contribution in [-0.2, 0) is 23.7 Å². The van der Waals surface area contributed by atoms with Gasteiger partial charge in [-0.25, -0.2) is 0 Å². The molecule has 0 radical (unpaired) electrons. The number of carbonyl (C=O) groups excluding carboxylic acids is 1. The van der Waals surface area contributed by atoms with Gasteiger partial charge >= 0.3 is 0 Å². The van der Waals surface area contributed by atoms with E-state index >= 15 is 0 Å². The number of aliphatic hydroxyl groups excluding tert-OH is 1. The highest BCUT2D eigenvalue weighted by atomic mass is 32.2. The summed E-state index contributed by atoms with van der Waals surface area (Å²) in [7, 11) is 0. The number of hydrogen-bond acceptors (Lipinski definition) is 8. The molecule has 0 aromatic rings. The third-order valence-corrected chi connectivity index (χ3v) is 5.04. The lowest BCUT2D eigenvalue weighted by Crippen LogP contribution is -2.34. The Balaban J connectivity index is 3.27. The Morgan fingerprint density at radius 2 is 1.57 bits per heavy atom. The number of amides is 1. The highest BCUT2D eigenvalue weighted by Crippen LogP contribution is 2.24. The molecule has 1 amide bonds. The second kappa shape index (κ2) is 18.6. The summed E-state index contributed by atoms with van der Waals surface area (Å²) in [5, 5.41) is 15.1. The van der Waals surface area contributed by atoms with Crippen LogP contribution < -0.4 is 10.6 Å². The van der Waals surface area contributed by atoms with Gasteiger partial charge in [0.15, 0.2) is 0 Å². The van der Waals surface area contributed by atoms with E-state index < -0.39 is 6.41 Å². The Hall–Kier alpha value is -0.420. The summed E-state index contributed by atoms with van der Waals surface area (Å²) in [6.45, 7) is 10.6. The molecule has 0 bridgehead atoms. The van der Waals surface area contributed by atoms with E-state index in [4.69, 9.17) is 18.9 Å². The summed E-state index contributed by atoms with van der Waals surface area (Å²) in [5.74, 6) is 0.0471. The first kappa shape index (κ1) is 27.6. The summed E-state index contributed by atoms with van der Waals surface area (Å²) < 4.78 is 21.3. The van der Waals surface area contributed by atoms with Crippen LogP contribution in [0.25, 0.3) is 0 Å². The zero-order chi connectivity index (χ0) is 21.1. The van der Waals surface area contributed by atoms with Crippen molar-refractivity contribution in [2.75, 3.05) is 65.6 Å². The molecule has 0 aliphatic rings. The van der Waals surface area contributed by atoms with Crippen LogP contribution in [0, 0.1) is 0 Å². The minimum absolute atomic E-state index is 0.0425. The molecule has 8 nitrogen and oxygen atoms in total. The topological polar surface area (TPSA) is 98.3 Å². The molecule has 0 saturated heterocycles. The SMILES string of the molecule is CCCCOC(O)NCCOCCOCCOCCNC(=O)CC(C)(C)SC. The fourth-order valence-electron chi connectivity index (χ4n) is 1.98. The molecule has 1 unspecified atom stereocenters. The molecule has 28 heavy (non-hydrogen) atoms. The predicted molar refractivity (Wildman–Crippen MR) is 113 cm³/mol. The maximum Gasteiger partial charge on any atom is 0.221 e. The molecular weight excluding hydrogens is 384 g/mol. The molecule has 0 aliphatic carbocycles. The molecule has 1 atom stereocenters. The Bertz CT molecular complexity index is 374. The Morgan fingerprint density at radius 3 is 2.14 bits per heavy atom. The third kappa shape index (κ3) is 18.9. The number of rotatable bonds is 20. The van der Waals surface area contributed by atoms with E-state index in [-0.39, 0.29) is 10.7 Å². The first-order valence-corrected chi connectivity index (χ1v) is 11.2. The number of unbranched alkanes of at least 4 members (excludes halogenated alkanes) is 1. The van der Waals surface area contributed by atoms with Crippen LogP contribution in [0.15, 0.2) is 0 Å². The van der Waals surface area contributed by atoms with Crippen LogP contribution in [0.1, 0.15) is 40.0 Å². The molecule has 0 fully saturated rings. The van der Waals surface area contributed by atoms with Gasteiger partial charge in [0, 0.05) is 24.3 Å². The molecule has 0 spiro atoms. The van der Waals surface area contributed by atoms with Crippen molar-refractivity contribution < 1.29 is 28.8 Å². The number of ether oxygens (including phenoxy) is 4. The predicted octanol–water partition coefficient (Wildman–Crippen LogP) is 1.37. The Morgan fingerprint density at radius 1 is 1.00 bits per heavy atom. The van der Waals surface area contributed by atoms with Crippen molar-refractivity contribution >= 4 is 17.7 Å². The molecule has 0 heterocycles. The summed E-state index contributed by atoms with van der Waals surface area (Å²) in [4.78, 5) is 11.8. The lowest BCUT2D eigenvalue weighted by molar-refractivity contribution is -0.122. The van der Waals surface area contributed by atoms with Gasteiger partial charge in [-0.15, -0.1) is 0 Å². The van der Waals surface area contributed by atoms with Gasteiger partial charge in [0.25, 0.3) is 0 Å². The molecule has 0 rings (SSSR count). The zero-order valence-electron chi connectivity index (χ0n) is 18.0. The summed E-state index contributed by atoms with van der Waals surface area (Å²) in [6, 6.07) is 0. The molecule has 0 aromatic heterocycles. The fraction of sp³-hybridized carbons (Fsp3) is 0.947. The van der Waals surface area contributed by atoms with E-state index in [1.807, 2.05) is 6.26 Å². The number of aliphatic hydroxyl groups is 1. The van der Waals surface area contributed by atoms with Crippen molar-refractivity contribution in [1.29, 1.82) is 0 Å². The highest BCUT2D eigenvalue weighted by Gasteiger charge is 2.19. The van der Waals surface area contributed by atoms with Crippen molar-refractivity contribution in [3.8, 4) is 0 Å². The number of carbonyl (C=O) groups is 1. The van der Waals surface area contributed by atoms with Gasteiger partial charge in [0.05, 0.1) is 46.2 Å². The molecule has 0 saturated carbocycles. The normalized spacial score (nSPS) is 12.9. The van der Waals surface area contributed by atoms with Gasteiger partial charge in [-0.2, -0.15) is 11.8 Å². The maximum atomic E-state index is 11.8. The summed E-state index contributed by atoms with van der Waals surface area (Å²) in [6.07, 6.45) is 3.53. The standard InChI is InChI=1S/C19H40N2O6S/c1-5-6-9-27-18(23)21-8-11-25-13-15-26-14-12-24-10-7-20-17(22)16-19(2,3)28-4/h18,21,23H,5-16H2,1-4H3,(H,20,22). The van der Waals surface area contributed by atoms with Crippen LogP contribution in [-0.4, -0.2) is 87.8 Å². The second-order valence-electron chi connectivity index (χ2n) is 6.86. The van der Waals surface area contributed by atoms with Crippen molar-refractivity contribution in [2.24, 2.45) is 0 Å². The van der Waals surface area contributed by atoms with Gasteiger partial charge in [-0.05, 0) is 12.7 Å². The van der Waals surface area contributed by atoms with Crippen LogP contribution >= 0.6 is 11.8 Å². The largest absolute Gasteiger partial charge is 0.378 e. The minimum atomic E-state index is -0.939. The molecule has 0 aliphatic heterocycles. The molecule has 3 N–H and O–H groups in total. The lowest BCUT2D eigenvalue weighted by atomic mass is 10.1. The van der Waals surface area contributed by atoms with Crippen LogP contribution in [0.2, 0.25) is 0 Å². The molecule has 168 valence electrons. The number of thioether (sulfide) groups is 1. The first-order chi connectivity index (χ1) is 13.4. The van der Waals surface area contributed by atoms with Gasteiger partial charge < -0.3 is 29.4 Å². The molecular formula is C19H40N2O6S. The average Bonchev–Trinajstić information content (AvgIpc) is 2.65. The van der Waals surface area contributed by atoms with E-state index in [1.165, 1.54) is 0 Å². The summed E-state index contributed by atoms with van der Waals surface area (Å²) >= 11 is 1.68. The van der Waals surface area contributed by atoms with E-state index in [0.717, 1.165) is 12.8 Å². The molecule has 9 heteroatoms. The van der Waals surface area contributed by atoms with Crippen LogP contribution in [0.3, 0.4) is 0 Å². The zero-order valence-corrected chi connectivity index (χ0v) is 18.8. The van der Waals surface area contributed by atoms with Crippen molar-refractivity contribution in [1.82, 2.24) is 10.6 Å². The second-order valence-corrected chi connectivity index (χ2v) is 8.37. The lowest BCUT2D eigenvalue weighted by Gasteiger charge is -2.20. The van der Waals surface area contributed by atoms with Crippen molar-refractivity contribution in [3.63, 3.8) is 0 Å². The fourth-order valence-corrected chi connectivity index (χ4v) is 2.25. The Labute approximate surface area is 174 Å². The van der Waals surface area contributed by atoms with Crippen molar-refractivity contribution in [2.45, 2.75) is 51.2 Å². The number of nitrogens with one attached hydrogen (secondary N) is 2. The summed E-state index contributed by atoms with van der Waals surface area (Å²) in [5.41, 5.74) is 0. The quantitative estimate of drug-likeness (QED) is 0.199. The monoisotopic (exact) mass is 424 g/mol. The first-order valence-electron chi connectivity index (χ1n) is 9.99. The highest BCUT2D eigenvalue weighted by molar-refractivity contribution is 7.99. The molecule has 0 aromatic carbocycles. The van der Waals surface area contributed by atoms with E-state index in [2.05, 4.69) is 31.4 Å². The van der Waals surface area contributed by atoms with E-state index in [0.29, 0.717) is 65.8 Å². The minimum Gasteiger partial charge on any atom is -0.378 e. The van der Waals surface area contributed by atoms with Gasteiger partial charge in [-0.1, -0.05) is 27.2 Å². The van der Waals surface area contributed by atoms with Crippen molar-refractivity contribution in [3.05, 3.63) is 0 Å². The van der Waals surface area contributed by atoms with Gasteiger partial charge in [0.1, 0.15) is 0 Å². The van der Waals surface area contributed by atoms with E-state index in [9.17, 15) is 9.90 Å².